The van der Waals surface area contributed by atoms with Crippen molar-refractivity contribution in [2.75, 3.05) is 0 Å². The van der Waals surface area contributed by atoms with Gasteiger partial charge in [-0.15, -0.1) is 0 Å². The molecule has 3 nitrogen and oxygen atoms in total. The fourth-order valence-corrected chi connectivity index (χ4v) is 1.95. The highest BCUT2D eigenvalue weighted by Gasteiger charge is 2.20. The zero-order chi connectivity index (χ0) is 16.5. The molecule has 1 aromatic carbocycles. The van der Waals surface area contributed by atoms with Crippen LogP contribution in [-0.4, -0.2) is 12.1 Å². The molecule has 2 unspecified atom stereocenters. The molecule has 0 spiro atoms. The zero-order valence-electron chi connectivity index (χ0n) is 13.3. The van der Waals surface area contributed by atoms with E-state index >= 15 is 0 Å². The van der Waals surface area contributed by atoms with Crippen molar-refractivity contribution in [2.24, 2.45) is 5.92 Å². The largest absolute Gasteiger partial charge is 0.445 e. The average Bonchev–Trinajstić information content (AvgIpc) is 2.51. The van der Waals surface area contributed by atoms with Gasteiger partial charge in [-0.1, -0.05) is 38.7 Å². The van der Waals surface area contributed by atoms with E-state index in [0.29, 0.717) is 11.1 Å². The third kappa shape index (κ3) is 5.46. The zero-order valence-corrected chi connectivity index (χ0v) is 13.3. The summed E-state index contributed by atoms with van der Waals surface area (Å²) in [6.45, 7) is 9.67. The second-order valence-electron chi connectivity index (χ2n) is 5.33. The summed E-state index contributed by atoms with van der Waals surface area (Å²) in [4.78, 5) is 12.2. The predicted molar refractivity (Wildman–Crippen MR) is 87.0 cm³/mol. The third-order valence-corrected chi connectivity index (χ3v) is 3.17. The van der Waals surface area contributed by atoms with Gasteiger partial charge in [0.05, 0.1) is 17.2 Å². The van der Waals surface area contributed by atoms with Crippen molar-refractivity contribution in [2.45, 2.75) is 39.7 Å². The summed E-state index contributed by atoms with van der Waals surface area (Å²) in [5.41, 5.74) is 1.67. The lowest BCUT2D eigenvalue weighted by atomic mass is 9.99. The van der Waals surface area contributed by atoms with E-state index in [9.17, 15) is 4.79 Å². The van der Waals surface area contributed by atoms with E-state index in [1.54, 1.807) is 24.3 Å². The lowest BCUT2D eigenvalue weighted by molar-refractivity contribution is 0.0305. The number of benzene rings is 1. The lowest BCUT2D eigenvalue weighted by Crippen LogP contribution is -2.24. The number of esters is 1. The van der Waals surface area contributed by atoms with Gasteiger partial charge in [0, 0.05) is 5.92 Å². The lowest BCUT2D eigenvalue weighted by Gasteiger charge is -2.19. The summed E-state index contributed by atoms with van der Waals surface area (Å²) in [6.07, 6.45) is 1.47. The van der Waals surface area contributed by atoms with Gasteiger partial charge in [-0.2, -0.15) is 5.26 Å². The van der Waals surface area contributed by atoms with Crippen LogP contribution in [-0.2, 0) is 4.74 Å². The van der Waals surface area contributed by atoms with Crippen molar-refractivity contribution in [3.05, 3.63) is 47.5 Å². The molecule has 1 rings (SSSR count). The quantitative estimate of drug-likeness (QED) is 0.607. The number of hydrogen-bond donors (Lipinski definition) is 0. The highest BCUT2D eigenvalue weighted by atomic mass is 16.5. The van der Waals surface area contributed by atoms with E-state index < -0.39 is 12.1 Å². The minimum atomic E-state index is -0.459. The Morgan fingerprint density at radius 2 is 2.00 bits per heavy atom. The van der Waals surface area contributed by atoms with Crippen LogP contribution in [0.3, 0.4) is 0 Å². The molecule has 0 aliphatic rings. The Bertz CT molecular complexity index is 626. The molecular formula is C19H21NO2. The molecule has 0 heterocycles. The Kier molecular flexibility index (Phi) is 6.93. The Labute approximate surface area is 132 Å². The molecule has 2 atom stereocenters. The van der Waals surface area contributed by atoms with Gasteiger partial charge in [-0.25, -0.2) is 4.79 Å². The van der Waals surface area contributed by atoms with Gasteiger partial charge in [0.2, 0.25) is 0 Å². The third-order valence-electron chi connectivity index (χ3n) is 3.17. The highest BCUT2D eigenvalue weighted by molar-refractivity contribution is 5.89. The molecule has 22 heavy (non-hydrogen) atoms. The molecule has 0 aliphatic carbocycles. The molecule has 114 valence electrons. The molecule has 0 bridgehead atoms. The van der Waals surface area contributed by atoms with E-state index in [2.05, 4.69) is 25.3 Å². The minimum Gasteiger partial charge on any atom is -0.445 e. The smallest absolute Gasteiger partial charge is 0.339 e. The van der Waals surface area contributed by atoms with Gasteiger partial charge in [0.25, 0.3) is 0 Å². The highest BCUT2D eigenvalue weighted by Crippen LogP contribution is 2.16. The van der Waals surface area contributed by atoms with Crippen molar-refractivity contribution < 1.29 is 9.53 Å². The van der Waals surface area contributed by atoms with E-state index in [4.69, 9.17) is 10.00 Å². The number of allylic oxidation sites excluding steroid dienone is 1. The summed E-state index contributed by atoms with van der Waals surface area (Å²) in [6, 6.07) is 8.40. The minimum absolute atomic E-state index is 0.152. The van der Waals surface area contributed by atoms with E-state index in [0.717, 1.165) is 18.4 Å². The fourth-order valence-electron chi connectivity index (χ4n) is 1.95. The molecule has 0 fully saturated rings. The molecular weight excluding hydrogens is 274 g/mol. The van der Waals surface area contributed by atoms with Gasteiger partial charge >= 0.3 is 5.97 Å². The van der Waals surface area contributed by atoms with Gasteiger partial charge in [-0.05, 0) is 43.2 Å². The van der Waals surface area contributed by atoms with Crippen LogP contribution in [0.5, 0.6) is 0 Å². The molecule has 0 aliphatic heterocycles. The topological polar surface area (TPSA) is 50.1 Å². The molecule has 0 amide bonds. The van der Waals surface area contributed by atoms with Crippen molar-refractivity contribution in [3.63, 3.8) is 0 Å². The Balaban J connectivity index is 2.88. The Morgan fingerprint density at radius 3 is 2.50 bits per heavy atom. The summed E-state index contributed by atoms with van der Waals surface area (Å²) in [5, 5.41) is 8.77. The van der Waals surface area contributed by atoms with Gasteiger partial charge < -0.3 is 4.74 Å². The van der Waals surface area contributed by atoms with Gasteiger partial charge in [-0.3, -0.25) is 0 Å². The summed E-state index contributed by atoms with van der Waals surface area (Å²) >= 11 is 0. The van der Waals surface area contributed by atoms with Crippen LogP contribution in [0.25, 0.3) is 0 Å². The van der Waals surface area contributed by atoms with Crippen LogP contribution in [0.1, 0.15) is 49.5 Å². The van der Waals surface area contributed by atoms with Crippen LogP contribution >= 0.6 is 0 Å². The van der Waals surface area contributed by atoms with Crippen molar-refractivity contribution in [1.82, 2.24) is 0 Å². The first-order chi connectivity index (χ1) is 10.5. The maximum absolute atomic E-state index is 12.2. The van der Waals surface area contributed by atoms with Gasteiger partial charge in [0.15, 0.2) is 6.10 Å². The molecule has 3 heteroatoms. The normalized spacial score (nSPS) is 12.3. The first-order valence-electron chi connectivity index (χ1n) is 7.36. The van der Waals surface area contributed by atoms with E-state index in [-0.39, 0.29) is 5.92 Å². The Morgan fingerprint density at radius 1 is 1.36 bits per heavy atom. The molecule has 0 saturated heterocycles. The summed E-state index contributed by atoms with van der Waals surface area (Å²) in [5.74, 6) is 5.61. The second kappa shape index (κ2) is 8.70. The molecule has 0 aromatic heterocycles. The molecule has 0 N–H and O–H groups in total. The number of nitriles is 1. The van der Waals surface area contributed by atoms with Crippen LogP contribution in [0.15, 0.2) is 36.4 Å². The van der Waals surface area contributed by atoms with Crippen LogP contribution in [0.4, 0.5) is 0 Å². The van der Waals surface area contributed by atoms with Crippen molar-refractivity contribution in [1.29, 1.82) is 5.26 Å². The number of carbonyl (C=O) groups excluding carboxylic acids is 1. The second-order valence-corrected chi connectivity index (χ2v) is 5.33. The first-order valence-corrected chi connectivity index (χ1v) is 7.36. The molecule has 0 radical (unpaired) electrons. The molecule has 1 aromatic rings. The monoisotopic (exact) mass is 295 g/mol. The van der Waals surface area contributed by atoms with Gasteiger partial charge in [0.1, 0.15) is 0 Å². The number of carbonyl (C=O) groups is 1. The number of nitrogens with zero attached hydrogens (tertiary/aromatic N) is 1. The average molecular weight is 295 g/mol. The standard InChI is InChI=1S/C19H21NO2/c1-5-6-15(4)18(12-7-14(2)3)22-19(21)17-10-8-16(13-20)9-11-17/h8-11,15,18H,2,5-6H2,1,3-4H3. The van der Waals surface area contributed by atoms with Crippen molar-refractivity contribution in [3.8, 4) is 17.9 Å². The molecule has 0 saturated carbocycles. The van der Waals surface area contributed by atoms with Crippen LogP contribution in [0, 0.1) is 29.1 Å². The maximum Gasteiger partial charge on any atom is 0.339 e. The predicted octanol–water partition coefficient (Wildman–Crippen LogP) is 4.10. The number of hydrogen-bond acceptors (Lipinski definition) is 3. The van der Waals surface area contributed by atoms with Crippen LogP contribution < -0.4 is 0 Å². The number of rotatable bonds is 5. The fraction of sp³-hybridized carbons (Fsp3) is 0.368. The maximum atomic E-state index is 12.2. The number of ether oxygens (including phenoxy) is 1. The first kappa shape index (κ1) is 17.5. The summed E-state index contributed by atoms with van der Waals surface area (Å²) < 4.78 is 5.54. The van der Waals surface area contributed by atoms with Crippen molar-refractivity contribution >= 4 is 5.97 Å². The summed E-state index contributed by atoms with van der Waals surface area (Å²) in [7, 11) is 0. The van der Waals surface area contributed by atoms with Crippen LogP contribution in [0.2, 0.25) is 0 Å². The Hall–Kier alpha value is -2.52. The SMILES string of the molecule is C=C(C)C#CC(OC(=O)c1ccc(C#N)cc1)C(C)CCC. The van der Waals surface area contributed by atoms with E-state index in [1.165, 1.54) is 0 Å². The van der Waals surface area contributed by atoms with E-state index in [1.807, 2.05) is 19.9 Å².